The molecule has 10 heteroatoms. The molecule has 1 aliphatic heterocycles. The molecule has 1 unspecified atom stereocenters. The largest absolute Gasteiger partial charge is 0.484 e. The van der Waals surface area contributed by atoms with Gasteiger partial charge in [0.2, 0.25) is 0 Å². The Labute approximate surface area is 199 Å². The number of hydrogen-bond donors (Lipinski definition) is 2. The van der Waals surface area contributed by atoms with Crippen LogP contribution in [0.1, 0.15) is 30.9 Å². The highest BCUT2D eigenvalue weighted by atomic mass is 127. The van der Waals surface area contributed by atoms with E-state index in [9.17, 15) is 13.2 Å². The number of hydrogen-bond acceptors (Lipinski definition) is 4. The van der Waals surface area contributed by atoms with E-state index in [1.54, 1.807) is 19.1 Å². The minimum atomic E-state index is -4.38. The Hall–Kier alpha value is -1.27. The van der Waals surface area contributed by atoms with Crippen molar-refractivity contribution in [3.63, 3.8) is 0 Å². The average Bonchev–Trinajstić information content (AvgIpc) is 3.21. The standard InChI is InChI=1S/C21H32F3N3O3.HI/c1-3-25-20(26-8-4-9-28-13-17-7-10-29-14-17)27-12-18-6-5-16(2)11-19(18)30-15-21(22,23)24;/h5-6,11,17H,3-4,7-10,12-15H2,1-2H3,(H2,25,26,27);1H. The molecule has 1 heterocycles. The van der Waals surface area contributed by atoms with Gasteiger partial charge < -0.3 is 24.8 Å². The first kappa shape index (κ1) is 27.8. The Bertz CT molecular complexity index is 669. The topological polar surface area (TPSA) is 64.1 Å². The number of nitrogens with one attached hydrogen (secondary N) is 2. The summed E-state index contributed by atoms with van der Waals surface area (Å²) in [5, 5.41) is 6.36. The minimum Gasteiger partial charge on any atom is -0.484 e. The average molecular weight is 559 g/mol. The van der Waals surface area contributed by atoms with Crippen molar-refractivity contribution in [2.45, 2.75) is 39.4 Å². The summed E-state index contributed by atoms with van der Waals surface area (Å²) in [5.41, 5.74) is 1.43. The zero-order valence-corrected chi connectivity index (χ0v) is 20.4. The Morgan fingerprint density at radius 1 is 1.29 bits per heavy atom. The molecule has 0 spiro atoms. The molecule has 0 bridgehead atoms. The van der Waals surface area contributed by atoms with E-state index in [4.69, 9.17) is 14.2 Å². The summed E-state index contributed by atoms with van der Waals surface area (Å²) < 4.78 is 53.5. The Morgan fingerprint density at radius 2 is 2.10 bits per heavy atom. The van der Waals surface area contributed by atoms with Crippen LogP contribution in [0.2, 0.25) is 0 Å². The van der Waals surface area contributed by atoms with E-state index in [0.29, 0.717) is 37.1 Å². The lowest BCUT2D eigenvalue weighted by atomic mass is 10.1. The Morgan fingerprint density at radius 3 is 2.77 bits per heavy atom. The molecule has 1 atom stereocenters. The van der Waals surface area contributed by atoms with Crippen LogP contribution in [0.5, 0.6) is 5.75 Å². The quantitative estimate of drug-likeness (QED) is 0.186. The number of halogens is 4. The van der Waals surface area contributed by atoms with Gasteiger partial charge in [-0.25, -0.2) is 4.99 Å². The van der Waals surface area contributed by atoms with Gasteiger partial charge in [-0.15, -0.1) is 24.0 Å². The third kappa shape index (κ3) is 11.8. The molecular weight excluding hydrogens is 526 g/mol. The van der Waals surface area contributed by atoms with Crippen molar-refractivity contribution in [2.75, 3.05) is 46.1 Å². The summed E-state index contributed by atoms with van der Waals surface area (Å²) in [4.78, 5) is 4.48. The summed E-state index contributed by atoms with van der Waals surface area (Å²) in [7, 11) is 0. The van der Waals surface area contributed by atoms with Crippen molar-refractivity contribution in [1.82, 2.24) is 10.6 Å². The number of aliphatic imine (C=N–C) groups is 1. The third-order valence-electron chi connectivity index (χ3n) is 4.50. The van der Waals surface area contributed by atoms with Crippen molar-refractivity contribution < 1.29 is 27.4 Å². The van der Waals surface area contributed by atoms with Crippen LogP contribution in [-0.4, -0.2) is 58.3 Å². The molecule has 1 aliphatic rings. The Balaban J connectivity index is 0.00000480. The lowest BCUT2D eigenvalue weighted by Gasteiger charge is -2.15. The number of aryl methyl sites for hydroxylation is 1. The van der Waals surface area contributed by atoms with E-state index in [2.05, 4.69) is 15.6 Å². The lowest BCUT2D eigenvalue weighted by molar-refractivity contribution is -0.153. The number of nitrogens with zero attached hydrogens (tertiary/aromatic N) is 1. The molecule has 1 aromatic carbocycles. The molecule has 0 radical (unpaired) electrons. The molecule has 6 nitrogen and oxygen atoms in total. The fourth-order valence-electron chi connectivity index (χ4n) is 2.94. The van der Waals surface area contributed by atoms with E-state index < -0.39 is 12.8 Å². The summed E-state index contributed by atoms with van der Waals surface area (Å²) in [5.74, 6) is 1.31. The van der Waals surface area contributed by atoms with Crippen molar-refractivity contribution in [1.29, 1.82) is 0 Å². The second-order valence-electron chi connectivity index (χ2n) is 7.30. The molecule has 1 aromatic rings. The molecule has 0 amide bonds. The van der Waals surface area contributed by atoms with Crippen LogP contribution in [0.15, 0.2) is 23.2 Å². The van der Waals surface area contributed by atoms with Crippen LogP contribution in [0, 0.1) is 12.8 Å². The number of guanidine groups is 1. The highest BCUT2D eigenvalue weighted by Gasteiger charge is 2.28. The van der Waals surface area contributed by atoms with Crippen LogP contribution >= 0.6 is 24.0 Å². The first-order valence-corrected chi connectivity index (χ1v) is 10.3. The van der Waals surface area contributed by atoms with Crippen molar-refractivity contribution >= 4 is 29.9 Å². The number of benzene rings is 1. The van der Waals surface area contributed by atoms with E-state index in [-0.39, 0.29) is 36.3 Å². The zero-order chi connectivity index (χ0) is 21.8. The molecule has 2 rings (SSSR count). The van der Waals surface area contributed by atoms with Crippen LogP contribution in [0.25, 0.3) is 0 Å². The number of rotatable bonds is 11. The summed E-state index contributed by atoms with van der Waals surface area (Å²) >= 11 is 0. The van der Waals surface area contributed by atoms with E-state index in [1.807, 2.05) is 13.0 Å². The summed E-state index contributed by atoms with van der Waals surface area (Å²) in [6, 6.07) is 5.18. The third-order valence-corrected chi connectivity index (χ3v) is 4.50. The predicted octanol–water partition coefficient (Wildman–Crippen LogP) is 4.05. The SMILES string of the molecule is CCNC(=NCc1ccc(C)cc1OCC(F)(F)F)NCCCOCC1CCOC1.I. The molecule has 1 saturated heterocycles. The number of ether oxygens (including phenoxy) is 3. The predicted molar refractivity (Wildman–Crippen MR) is 125 cm³/mol. The van der Waals surface area contributed by atoms with Gasteiger partial charge in [0.05, 0.1) is 19.8 Å². The van der Waals surface area contributed by atoms with E-state index >= 15 is 0 Å². The van der Waals surface area contributed by atoms with Gasteiger partial charge in [0.15, 0.2) is 12.6 Å². The smallest absolute Gasteiger partial charge is 0.422 e. The van der Waals surface area contributed by atoms with E-state index in [0.717, 1.165) is 38.2 Å². The maximum Gasteiger partial charge on any atom is 0.422 e. The van der Waals surface area contributed by atoms with Crippen molar-refractivity contribution in [2.24, 2.45) is 10.9 Å². The van der Waals surface area contributed by atoms with Crippen LogP contribution in [0.3, 0.4) is 0 Å². The minimum absolute atomic E-state index is 0. The molecule has 2 N–H and O–H groups in total. The normalized spacial score (nSPS) is 16.7. The van der Waals surface area contributed by atoms with Gasteiger partial charge in [-0.05, 0) is 38.3 Å². The van der Waals surface area contributed by atoms with Gasteiger partial charge in [-0.3, -0.25) is 0 Å². The fraction of sp³-hybridized carbons (Fsp3) is 0.667. The molecule has 0 saturated carbocycles. The molecule has 0 aromatic heterocycles. The highest BCUT2D eigenvalue weighted by Crippen LogP contribution is 2.24. The molecule has 1 fully saturated rings. The molecular formula is C21H33F3IN3O3. The summed E-state index contributed by atoms with van der Waals surface area (Å²) in [6.45, 7) is 6.98. The second-order valence-corrected chi connectivity index (χ2v) is 7.30. The molecule has 178 valence electrons. The first-order valence-electron chi connectivity index (χ1n) is 10.3. The lowest BCUT2D eigenvalue weighted by Crippen LogP contribution is -2.38. The van der Waals surface area contributed by atoms with Crippen molar-refractivity contribution in [3.8, 4) is 5.75 Å². The first-order chi connectivity index (χ1) is 14.4. The second kappa shape index (κ2) is 14.7. The van der Waals surface area contributed by atoms with Gasteiger partial charge in [0.25, 0.3) is 0 Å². The van der Waals surface area contributed by atoms with Crippen molar-refractivity contribution in [3.05, 3.63) is 29.3 Å². The van der Waals surface area contributed by atoms with Gasteiger partial charge in [-0.1, -0.05) is 12.1 Å². The van der Waals surface area contributed by atoms with Gasteiger partial charge >= 0.3 is 6.18 Å². The van der Waals surface area contributed by atoms with E-state index in [1.165, 1.54) is 0 Å². The number of alkyl halides is 3. The Kier molecular flexibility index (Phi) is 13.2. The van der Waals surface area contributed by atoms with Gasteiger partial charge in [0, 0.05) is 37.8 Å². The van der Waals surface area contributed by atoms with Crippen LogP contribution in [-0.2, 0) is 16.0 Å². The van der Waals surface area contributed by atoms with Gasteiger partial charge in [0.1, 0.15) is 5.75 Å². The van der Waals surface area contributed by atoms with Crippen LogP contribution < -0.4 is 15.4 Å². The molecule has 31 heavy (non-hydrogen) atoms. The maximum absolute atomic E-state index is 12.5. The zero-order valence-electron chi connectivity index (χ0n) is 18.1. The maximum atomic E-state index is 12.5. The fourth-order valence-corrected chi connectivity index (χ4v) is 2.94. The monoisotopic (exact) mass is 559 g/mol. The molecule has 0 aliphatic carbocycles. The van der Waals surface area contributed by atoms with Gasteiger partial charge in [-0.2, -0.15) is 13.2 Å². The summed E-state index contributed by atoms with van der Waals surface area (Å²) in [6.07, 6.45) is -2.50. The highest BCUT2D eigenvalue weighted by molar-refractivity contribution is 14.0. The van der Waals surface area contributed by atoms with Crippen LogP contribution in [0.4, 0.5) is 13.2 Å².